The molecule has 0 fully saturated rings. The Labute approximate surface area is 221 Å². The molecule has 1 atom stereocenters. The van der Waals surface area contributed by atoms with Crippen LogP contribution in [-0.4, -0.2) is 53.1 Å². The van der Waals surface area contributed by atoms with Gasteiger partial charge in [-0.15, -0.1) is 0 Å². The molecular weight excluding hydrogens is 490 g/mol. The van der Waals surface area contributed by atoms with Crippen molar-refractivity contribution in [3.8, 4) is 0 Å². The highest BCUT2D eigenvalue weighted by molar-refractivity contribution is 6.30. The number of halogens is 1. The average Bonchev–Trinajstić information content (AvgIpc) is 3.16. The van der Waals surface area contributed by atoms with Gasteiger partial charge in [0, 0.05) is 38.0 Å². The largest absolute Gasteiger partial charge is 0.357 e. The third-order valence-corrected chi connectivity index (χ3v) is 6.69. The van der Waals surface area contributed by atoms with E-state index >= 15 is 0 Å². The molecule has 4 rings (SSSR count). The molecule has 3 aromatic carbocycles. The van der Waals surface area contributed by atoms with E-state index in [4.69, 9.17) is 11.6 Å². The van der Waals surface area contributed by atoms with Crippen LogP contribution in [-0.2, 0) is 22.6 Å². The monoisotopic (exact) mass is 517 g/mol. The van der Waals surface area contributed by atoms with Crippen LogP contribution in [0.3, 0.4) is 0 Å². The number of fused-ring (bicyclic) bond motifs is 1. The molecule has 8 heteroatoms. The number of hydrogen-bond acceptors (Lipinski definition) is 4. The average molecular weight is 518 g/mol. The third kappa shape index (κ3) is 6.06. The second-order valence-electron chi connectivity index (χ2n) is 8.88. The summed E-state index contributed by atoms with van der Waals surface area (Å²) in [5.41, 5.74) is 2.52. The molecule has 1 N–H and O–H groups in total. The Bertz CT molecular complexity index is 1260. The van der Waals surface area contributed by atoms with E-state index in [1.54, 1.807) is 48.3 Å². The Balaban J connectivity index is 1.51. The number of carbonyl (C=O) groups excluding carboxylic acids is 4. The predicted molar refractivity (Wildman–Crippen MR) is 141 cm³/mol. The van der Waals surface area contributed by atoms with E-state index in [9.17, 15) is 19.2 Å². The van der Waals surface area contributed by atoms with Gasteiger partial charge in [-0.25, -0.2) is 0 Å². The van der Waals surface area contributed by atoms with E-state index in [0.29, 0.717) is 22.6 Å². The Morgan fingerprint density at radius 1 is 0.865 bits per heavy atom. The first-order valence-electron chi connectivity index (χ1n) is 12.1. The maximum atomic E-state index is 13.6. The number of benzene rings is 3. The standard InChI is InChI=1S/C29H28ClN3O4/c1-31-27(35)25(18-20-8-3-2-4-9-20)33(19-21-13-15-22(30)16-14-21)26(34)12-7-17-32-28(36)23-10-5-6-11-24(23)29(32)37/h2-6,8-11,13-16,25H,7,12,17-19H2,1H3,(H,31,35)/t25-/m0/s1. The van der Waals surface area contributed by atoms with Gasteiger partial charge >= 0.3 is 0 Å². The number of carbonyl (C=O) groups is 4. The second-order valence-corrected chi connectivity index (χ2v) is 9.32. The van der Waals surface area contributed by atoms with Crippen molar-refractivity contribution in [3.63, 3.8) is 0 Å². The zero-order valence-corrected chi connectivity index (χ0v) is 21.3. The minimum atomic E-state index is -0.741. The molecule has 0 saturated heterocycles. The molecule has 0 saturated carbocycles. The van der Waals surface area contributed by atoms with Crippen LogP contribution < -0.4 is 5.32 Å². The smallest absolute Gasteiger partial charge is 0.261 e. The van der Waals surface area contributed by atoms with Crippen LogP contribution in [0.4, 0.5) is 0 Å². The zero-order valence-electron chi connectivity index (χ0n) is 20.5. The molecule has 1 aliphatic heterocycles. The quantitative estimate of drug-likeness (QED) is 0.410. The van der Waals surface area contributed by atoms with Crippen molar-refractivity contribution in [1.82, 2.24) is 15.1 Å². The Hall–Kier alpha value is -3.97. The molecule has 37 heavy (non-hydrogen) atoms. The highest BCUT2D eigenvalue weighted by atomic mass is 35.5. The lowest BCUT2D eigenvalue weighted by Crippen LogP contribution is -2.49. The number of rotatable bonds is 10. The lowest BCUT2D eigenvalue weighted by Gasteiger charge is -2.31. The van der Waals surface area contributed by atoms with Gasteiger partial charge < -0.3 is 10.2 Å². The predicted octanol–water partition coefficient (Wildman–Crippen LogP) is 4.10. The van der Waals surface area contributed by atoms with E-state index in [1.165, 1.54) is 4.90 Å². The fraction of sp³-hybridized carbons (Fsp3) is 0.241. The second kappa shape index (κ2) is 11.8. The number of nitrogens with zero attached hydrogens (tertiary/aromatic N) is 2. The first-order valence-corrected chi connectivity index (χ1v) is 12.5. The van der Waals surface area contributed by atoms with Gasteiger partial charge in [-0.05, 0) is 41.8 Å². The summed E-state index contributed by atoms with van der Waals surface area (Å²) in [5.74, 6) is -1.21. The van der Waals surface area contributed by atoms with E-state index in [0.717, 1.165) is 11.1 Å². The number of likely N-dealkylation sites (N-methyl/N-ethyl adjacent to an activating group) is 1. The Morgan fingerprint density at radius 3 is 2.05 bits per heavy atom. The lowest BCUT2D eigenvalue weighted by molar-refractivity contribution is -0.141. The summed E-state index contributed by atoms with van der Waals surface area (Å²) in [5, 5.41) is 3.27. The van der Waals surface area contributed by atoms with Crippen molar-refractivity contribution in [1.29, 1.82) is 0 Å². The van der Waals surface area contributed by atoms with Gasteiger partial charge in [0.2, 0.25) is 11.8 Å². The van der Waals surface area contributed by atoms with Gasteiger partial charge in [-0.1, -0.05) is 66.2 Å². The number of imide groups is 1. The molecule has 0 bridgehead atoms. The minimum Gasteiger partial charge on any atom is -0.357 e. The van der Waals surface area contributed by atoms with E-state index in [2.05, 4.69) is 5.32 Å². The summed E-state index contributed by atoms with van der Waals surface area (Å²) in [6.07, 6.45) is 0.703. The van der Waals surface area contributed by atoms with Crippen LogP contribution in [0.1, 0.15) is 44.7 Å². The molecule has 3 aromatic rings. The number of hydrogen-bond donors (Lipinski definition) is 1. The van der Waals surface area contributed by atoms with Crippen molar-refractivity contribution < 1.29 is 19.2 Å². The zero-order chi connectivity index (χ0) is 26.4. The van der Waals surface area contributed by atoms with Gasteiger partial charge in [0.05, 0.1) is 11.1 Å². The van der Waals surface area contributed by atoms with Crippen LogP contribution in [0, 0.1) is 0 Å². The molecule has 4 amide bonds. The van der Waals surface area contributed by atoms with E-state index in [1.807, 2.05) is 42.5 Å². The Morgan fingerprint density at radius 2 is 1.46 bits per heavy atom. The van der Waals surface area contributed by atoms with Crippen molar-refractivity contribution in [2.75, 3.05) is 13.6 Å². The maximum Gasteiger partial charge on any atom is 0.261 e. The number of nitrogens with one attached hydrogen (secondary N) is 1. The van der Waals surface area contributed by atoms with Crippen LogP contribution >= 0.6 is 11.6 Å². The van der Waals surface area contributed by atoms with Gasteiger partial charge in [0.15, 0.2) is 0 Å². The SMILES string of the molecule is CNC(=O)[C@H](Cc1ccccc1)N(Cc1ccc(Cl)cc1)C(=O)CCCN1C(=O)c2ccccc2C1=O. The molecule has 7 nitrogen and oxygen atoms in total. The van der Waals surface area contributed by atoms with Crippen LogP contribution in [0.2, 0.25) is 5.02 Å². The summed E-state index contributed by atoms with van der Waals surface area (Å²) in [7, 11) is 1.55. The van der Waals surface area contributed by atoms with Crippen molar-refractivity contribution in [2.24, 2.45) is 0 Å². The highest BCUT2D eigenvalue weighted by Crippen LogP contribution is 2.23. The summed E-state index contributed by atoms with van der Waals surface area (Å²) in [6.45, 7) is 0.337. The summed E-state index contributed by atoms with van der Waals surface area (Å²) in [4.78, 5) is 54.6. The molecule has 1 heterocycles. The number of amides is 4. The van der Waals surface area contributed by atoms with Crippen molar-refractivity contribution in [3.05, 3.63) is 106 Å². The first kappa shape index (κ1) is 26.1. The van der Waals surface area contributed by atoms with Crippen molar-refractivity contribution in [2.45, 2.75) is 31.8 Å². The molecule has 0 aliphatic carbocycles. The normalized spacial score (nSPS) is 13.3. The molecule has 190 valence electrons. The van der Waals surface area contributed by atoms with Crippen LogP contribution in [0.15, 0.2) is 78.9 Å². The van der Waals surface area contributed by atoms with Crippen molar-refractivity contribution >= 4 is 35.2 Å². The fourth-order valence-corrected chi connectivity index (χ4v) is 4.61. The maximum absolute atomic E-state index is 13.6. The third-order valence-electron chi connectivity index (χ3n) is 6.43. The summed E-state index contributed by atoms with van der Waals surface area (Å²) >= 11 is 6.04. The first-order chi connectivity index (χ1) is 17.9. The Kier molecular flexibility index (Phi) is 8.36. The van der Waals surface area contributed by atoms with Gasteiger partial charge in [-0.2, -0.15) is 0 Å². The molecule has 0 radical (unpaired) electrons. The van der Waals surface area contributed by atoms with Gasteiger partial charge in [0.1, 0.15) is 6.04 Å². The summed E-state index contributed by atoms with van der Waals surface area (Å²) in [6, 6.07) is 22.6. The van der Waals surface area contributed by atoms with Crippen LogP contribution in [0.25, 0.3) is 0 Å². The molecular formula is C29H28ClN3O4. The highest BCUT2D eigenvalue weighted by Gasteiger charge is 2.35. The molecule has 0 unspecified atom stereocenters. The fourth-order valence-electron chi connectivity index (χ4n) is 4.48. The van der Waals surface area contributed by atoms with E-state index in [-0.39, 0.29) is 49.6 Å². The molecule has 0 spiro atoms. The van der Waals surface area contributed by atoms with E-state index < -0.39 is 6.04 Å². The topological polar surface area (TPSA) is 86.8 Å². The van der Waals surface area contributed by atoms with Crippen LogP contribution in [0.5, 0.6) is 0 Å². The molecule has 0 aromatic heterocycles. The molecule has 1 aliphatic rings. The summed E-state index contributed by atoms with van der Waals surface area (Å²) < 4.78 is 0. The lowest BCUT2D eigenvalue weighted by atomic mass is 10.0. The van der Waals surface area contributed by atoms with Gasteiger partial charge in [-0.3, -0.25) is 24.1 Å². The minimum absolute atomic E-state index is 0.0727. The van der Waals surface area contributed by atoms with Gasteiger partial charge in [0.25, 0.3) is 11.8 Å².